The summed E-state index contributed by atoms with van der Waals surface area (Å²) in [5.74, 6) is -0.274. The molecule has 1 N–H and O–H groups in total. The van der Waals surface area contributed by atoms with Crippen LogP contribution in [0.25, 0.3) is 22.6 Å². The summed E-state index contributed by atoms with van der Waals surface area (Å²) in [5, 5.41) is 3.42. The van der Waals surface area contributed by atoms with Crippen LogP contribution in [0.4, 0.5) is 0 Å². The molecule has 1 amide bonds. The summed E-state index contributed by atoms with van der Waals surface area (Å²) in [4.78, 5) is 30.2. The highest BCUT2D eigenvalue weighted by atomic mass is 16.5. The number of aromatic nitrogens is 1. The van der Waals surface area contributed by atoms with Crippen LogP contribution in [0.2, 0.25) is 0 Å². The van der Waals surface area contributed by atoms with E-state index in [1.165, 1.54) is 6.26 Å². The lowest BCUT2D eigenvalue weighted by molar-refractivity contribution is -0.124. The van der Waals surface area contributed by atoms with Gasteiger partial charge in [-0.05, 0) is 53.8 Å². The van der Waals surface area contributed by atoms with Crippen molar-refractivity contribution < 1.29 is 18.7 Å². The van der Waals surface area contributed by atoms with E-state index in [9.17, 15) is 9.59 Å². The summed E-state index contributed by atoms with van der Waals surface area (Å²) >= 11 is 0. The van der Waals surface area contributed by atoms with Crippen molar-refractivity contribution in [3.8, 4) is 0 Å². The molecule has 0 radical (unpaired) electrons. The highest BCUT2D eigenvalue weighted by Gasteiger charge is 2.27. The number of ether oxygens (including phenoxy) is 1. The number of amides is 1. The monoisotopic (exact) mass is 438 g/mol. The Labute approximate surface area is 190 Å². The van der Waals surface area contributed by atoms with Crippen LogP contribution < -0.4 is 5.32 Å². The van der Waals surface area contributed by atoms with Gasteiger partial charge in [0.25, 0.3) is 5.91 Å². The summed E-state index contributed by atoms with van der Waals surface area (Å²) in [7, 11) is 0. The van der Waals surface area contributed by atoms with Crippen molar-refractivity contribution in [1.29, 1.82) is 0 Å². The van der Waals surface area contributed by atoms with Crippen LogP contribution in [0.1, 0.15) is 39.4 Å². The zero-order valence-electron chi connectivity index (χ0n) is 17.9. The first-order chi connectivity index (χ1) is 16.2. The Hall–Kier alpha value is -4.19. The van der Waals surface area contributed by atoms with E-state index < -0.39 is 5.97 Å². The third-order valence-electron chi connectivity index (χ3n) is 5.66. The topological polar surface area (TPSA) is 81.4 Å². The van der Waals surface area contributed by atoms with E-state index in [4.69, 9.17) is 14.1 Å². The number of hydrogen-bond acceptors (Lipinski definition) is 5. The summed E-state index contributed by atoms with van der Waals surface area (Å²) in [6.07, 6.45) is 5.14. The molecule has 0 atom stereocenters. The first-order valence-electron chi connectivity index (χ1n) is 10.8. The Morgan fingerprint density at radius 2 is 1.82 bits per heavy atom. The molecule has 1 aliphatic carbocycles. The molecule has 6 nitrogen and oxygen atoms in total. The van der Waals surface area contributed by atoms with E-state index in [1.54, 1.807) is 12.1 Å². The average molecular weight is 438 g/mol. The maximum atomic E-state index is 13.2. The molecule has 2 aromatic carbocycles. The predicted molar refractivity (Wildman–Crippen MR) is 125 cm³/mol. The molecule has 1 aliphatic rings. The molecule has 0 spiro atoms. The van der Waals surface area contributed by atoms with E-state index in [2.05, 4.69) is 11.4 Å². The van der Waals surface area contributed by atoms with E-state index in [1.807, 2.05) is 54.6 Å². The lowest BCUT2D eigenvalue weighted by Crippen LogP contribution is -2.28. The molecule has 5 rings (SSSR count). The maximum Gasteiger partial charge on any atom is 0.339 e. The van der Waals surface area contributed by atoms with Crippen LogP contribution >= 0.6 is 0 Å². The Kier molecular flexibility index (Phi) is 5.72. The summed E-state index contributed by atoms with van der Waals surface area (Å²) in [5.41, 5.74) is 5.10. The van der Waals surface area contributed by atoms with Crippen molar-refractivity contribution >= 4 is 34.4 Å². The molecule has 0 bridgehead atoms. The number of allylic oxidation sites excluding steroid dienone is 1. The van der Waals surface area contributed by atoms with Crippen LogP contribution in [-0.2, 0) is 22.5 Å². The van der Waals surface area contributed by atoms with Gasteiger partial charge in [0.05, 0.1) is 29.6 Å². The lowest BCUT2D eigenvalue weighted by Gasteiger charge is -2.12. The smallest absolute Gasteiger partial charge is 0.339 e. The lowest BCUT2D eigenvalue weighted by atomic mass is 10.0. The van der Waals surface area contributed by atoms with Crippen LogP contribution in [0.5, 0.6) is 0 Å². The number of pyridine rings is 1. The second-order valence-electron chi connectivity index (χ2n) is 7.84. The Bertz CT molecular complexity index is 1340. The SMILES string of the molecule is O=C(COC(=O)c1c2c(nc3ccccc13)/C(=C/c1ccccc1)CC2)NCc1ccco1. The summed E-state index contributed by atoms with van der Waals surface area (Å²) < 4.78 is 10.6. The molecule has 0 aliphatic heterocycles. The number of carbonyl (C=O) groups excluding carboxylic acids is 2. The number of hydrogen-bond donors (Lipinski definition) is 1. The van der Waals surface area contributed by atoms with Crippen molar-refractivity contribution in [3.05, 3.63) is 101 Å². The molecule has 0 unspecified atom stereocenters. The molecule has 6 heteroatoms. The van der Waals surface area contributed by atoms with Crippen LogP contribution in [0.15, 0.2) is 77.4 Å². The predicted octanol–water partition coefficient (Wildman–Crippen LogP) is 4.79. The van der Waals surface area contributed by atoms with Crippen molar-refractivity contribution in [2.75, 3.05) is 6.61 Å². The van der Waals surface area contributed by atoms with Crippen molar-refractivity contribution in [2.24, 2.45) is 0 Å². The van der Waals surface area contributed by atoms with E-state index in [-0.39, 0.29) is 19.1 Å². The Morgan fingerprint density at radius 3 is 2.64 bits per heavy atom. The minimum atomic E-state index is -0.515. The van der Waals surface area contributed by atoms with Gasteiger partial charge in [-0.1, -0.05) is 48.5 Å². The molecule has 4 aromatic rings. The first kappa shape index (κ1) is 20.7. The quantitative estimate of drug-likeness (QED) is 0.438. The van der Waals surface area contributed by atoms with Gasteiger partial charge in [-0.2, -0.15) is 0 Å². The molecule has 33 heavy (non-hydrogen) atoms. The average Bonchev–Trinajstić information content (AvgIpc) is 3.51. The number of esters is 1. The van der Waals surface area contributed by atoms with Gasteiger partial charge in [-0.25, -0.2) is 9.78 Å². The van der Waals surface area contributed by atoms with Crippen LogP contribution in [-0.4, -0.2) is 23.5 Å². The van der Waals surface area contributed by atoms with Gasteiger partial charge in [0.1, 0.15) is 5.76 Å². The van der Waals surface area contributed by atoms with Crippen molar-refractivity contribution in [1.82, 2.24) is 10.3 Å². The minimum absolute atomic E-state index is 0.241. The molecule has 2 aromatic heterocycles. The highest BCUT2D eigenvalue weighted by molar-refractivity contribution is 6.07. The third kappa shape index (κ3) is 4.41. The van der Waals surface area contributed by atoms with Gasteiger partial charge < -0.3 is 14.5 Å². The van der Waals surface area contributed by atoms with E-state index in [0.717, 1.165) is 39.7 Å². The molecule has 0 fully saturated rings. The summed E-state index contributed by atoms with van der Waals surface area (Å²) in [6.45, 7) is -0.123. The second-order valence-corrected chi connectivity index (χ2v) is 7.84. The largest absolute Gasteiger partial charge is 0.467 e. The maximum absolute atomic E-state index is 13.2. The van der Waals surface area contributed by atoms with Gasteiger partial charge in [0, 0.05) is 5.39 Å². The molecule has 164 valence electrons. The fraction of sp³-hybridized carbons (Fsp3) is 0.148. The van der Waals surface area contributed by atoms with Crippen molar-refractivity contribution in [2.45, 2.75) is 19.4 Å². The summed E-state index contributed by atoms with van der Waals surface area (Å²) in [6, 6.07) is 21.1. The number of rotatable bonds is 6. The molecule has 0 saturated carbocycles. The Morgan fingerprint density at radius 1 is 1.00 bits per heavy atom. The number of fused-ring (bicyclic) bond motifs is 2. The van der Waals surface area contributed by atoms with Gasteiger partial charge >= 0.3 is 5.97 Å². The second kappa shape index (κ2) is 9.12. The van der Waals surface area contributed by atoms with Gasteiger partial charge in [0.15, 0.2) is 6.61 Å². The fourth-order valence-corrected chi connectivity index (χ4v) is 4.12. The number of furan rings is 1. The molecule has 2 heterocycles. The highest BCUT2D eigenvalue weighted by Crippen LogP contribution is 2.37. The zero-order chi connectivity index (χ0) is 22.6. The van der Waals surface area contributed by atoms with Gasteiger partial charge in [-0.3, -0.25) is 4.79 Å². The number of nitrogens with one attached hydrogen (secondary N) is 1. The van der Waals surface area contributed by atoms with Crippen LogP contribution in [0.3, 0.4) is 0 Å². The number of carbonyl (C=O) groups is 2. The normalized spacial score (nSPS) is 13.8. The number of nitrogens with zero attached hydrogens (tertiary/aromatic N) is 1. The molecule has 0 saturated heterocycles. The van der Waals surface area contributed by atoms with E-state index >= 15 is 0 Å². The number of para-hydroxylation sites is 1. The standard InChI is InChI=1S/C27H22N2O4/c30-24(28-16-20-9-6-14-32-20)17-33-27(31)25-21-10-4-5-11-23(21)29-26-19(12-13-22(25)26)15-18-7-2-1-3-8-18/h1-11,14-15H,12-13,16-17H2,(H,28,30)/b19-15+. The molecular formula is C27H22N2O4. The van der Waals surface area contributed by atoms with Crippen LogP contribution in [0, 0.1) is 0 Å². The van der Waals surface area contributed by atoms with Gasteiger partial charge in [0.2, 0.25) is 0 Å². The fourth-order valence-electron chi connectivity index (χ4n) is 4.12. The van der Waals surface area contributed by atoms with Crippen molar-refractivity contribution in [3.63, 3.8) is 0 Å². The minimum Gasteiger partial charge on any atom is -0.467 e. The Balaban J connectivity index is 1.41. The number of benzene rings is 2. The van der Waals surface area contributed by atoms with Gasteiger partial charge in [-0.15, -0.1) is 0 Å². The third-order valence-corrected chi connectivity index (χ3v) is 5.66. The molecular weight excluding hydrogens is 416 g/mol. The van der Waals surface area contributed by atoms with E-state index in [0.29, 0.717) is 17.7 Å². The first-order valence-corrected chi connectivity index (χ1v) is 10.8. The zero-order valence-corrected chi connectivity index (χ0v) is 17.9.